The molecule has 2 heterocycles. The zero-order valence-electron chi connectivity index (χ0n) is 25.7. The summed E-state index contributed by atoms with van der Waals surface area (Å²) < 4.78 is 24.8. The fraction of sp³-hybridized carbons (Fsp3) is 0.257. The highest BCUT2D eigenvalue weighted by Crippen LogP contribution is 2.36. The number of carbonyl (C=O) groups excluding carboxylic acids is 1. The lowest BCUT2D eigenvalue weighted by Crippen LogP contribution is -2.40. The van der Waals surface area contributed by atoms with E-state index in [0.717, 1.165) is 11.1 Å². The molecule has 1 aliphatic heterocycles. The van der Waals surface area contributed by atoms with Gasteiger partial charge in [-0.05, 0) is 75.2 Å². The molecule has 230 valence electrons. The normalized spacial score (nSPS) is 14.4. The third kappa shape index (κ3) is 6.69. The van der Waals surface area contributed by atoms with E-state index in [1.165, 1.54) is 15.9 Å². The van der Waals surface area contributed by atoms with Crippen molar-refractivity contribution in [2.24, 2.45) is 4.99 Å². The van der Waals surface area contributed by atoms with Crippen molar-refractivity contribution >= 4 is 23.4 Å². The number of allylic oxidation sites excluding steroid dienone is 1. The van der Waals surface area contributed by atoms with Crippen LogP contribution in [-0.2, 0) is 16.1 Å². The van der Waals surface area contributed by atoms with Crippen LogP contribution in [0.1, 0.15) is 56.0 Å². The highest BCUT2D eigenvalue weighted by Gasteiger charge is 2.34. The Bertz CT molecular complexity index is 1980. The lowest BCUT2D eigenvalue weighted by Gasteiger charge is -2.25. The molecule has 0 saturated heterocycles. The van der Waals surface area contributed by atoms with Crippen molar-refractivity contribution in [1.82, 2.24) is 4.57 Å². The number of nitriles is 1. The molecule has 0 N–H and O–H groups in total. The summed E-state index contributed by atoms with van der Waals surface area (Å²) in [6.07, 6.45) is 1.72. The molecule has 4 aromatic rings. The Morgan fingerprint density at radius 3 is 2.56 bits per heavy atom. The summed E-state index contributed by atoms with van der Waals surface area (Å²) in [6, 6.07) is 21.4. The molecule has 0 fully saturated rings. The lowest BCUT2D eigenvalue weighted by atomic mass is 9.95. The van der Waals surface area contributed by atoms with Crippen LogP contribution in [0.2, 0.25) is 0 Å². The Morgan fingerprint density at radius 2 is 1.87 bits per heavy atom. The molecule has 10 heteroatoms. The Morgan fingerprint density at radius 1 is 1.11 bits per heavy atom. The topological polar surface area (TPSA) is 112 Å². The number of thiazole rings is 1. The van der Waals surface area contributed by atoms with E-state index in [4.69, 9.17) is 18.9 Å². The SMILES string of the molecule is CCOC(=O)C1=C(C)N=c2s/c(=C\c3ccc(OCc4ccccc4C#N)cc3)c(=O)n2[C@@H]1c1ccc(OC(C)C)c(OC)c1. The minimum Gasteiger partial charge on any atom is -0.493 e. The van der Waals surface area contributed by atoms with Crippen molar-refractivity contribution < 1.29 is 23.7 Å². The maximum atomic E-state index is 14.0. The van der Waals surface area contributed by atoms with E-state index < -0.39 is 12.0 Å². The number of esters is 1. The van der Waals surface area contributed by atoms with Crippen molar-refractivity contribution in [3.05, 3.63) is 120 Å². The molecule has 1 aromatic heterocycles. The number of carbonyl (C=O) groups is 1. The second-order valence-electron chi connectivity index (χ2n) is 10.5. The summed E-state index contributed by atoms with van der Waals surface area (Å²) >= 11 is 1.25. The molecule has 0 saturated carbocycles. The average molecular weight is 624 g/mol. The Labute approximate surface area is 264 Å². The largest absolute Gasteiger partial charge is 0.493 e. The number of nitrogens with zero attached hydrogens (tertiary/aromatic N) is 3. The predicted molar refractivity (Wildman–Crippen MR) is 171 cm³/mol. The quantitative estimate of drug-likeness (QED) is 0.228. The first-order valence-corrected chi connectivity index (χ1v) is 15.3. The minimum atomic E-state index is -0.781. The predicted octanol–water partition coefficient (Wildman–Crippen LogP) is 5.04. The van der Waals surface area contributed by atoms with Gasteiger partial charge in [-0.25, -0.2) is 9.79 Å². The number of fused-ring (bicyclic) bond motifs is 1. The van der Waals surface area contributed by atoms with Gasteiger partial charge in [0.1, 0.15) is 12.4 Å². The molecule has 9 nitrogen and oxygen atoms in total. The van der Waals surface area contributed by atoms with Crippen molar-refractivity contribution in [3.63, 3.8) is 0 Å². The third-order valence-corrected chi connectivity index (χ3v) is 8.08. The summed E-state index contributed by atoms with van der Waals surface area (Å²) in [7, 11) is 1.55. The highest BCUT2D eigenvalue weighted by atomic mass is 32.1. The zero-order chi connectivity index (χ0) is 32.1. The van der Waals surface area contributed by atoms with Crippen LogP contribution < -0.4 is 29.1 Å². The molecule has 5 rings (SSSR count). The summed E-state index contributed by atoms with van der Waals surface area (Å²) in [5.41, 5.74) is 3.31. The fourth-order valence-electron chi connectivity index (χ4n) is 5.04. The molecular weight excluding hydrogens is 590 g/mol. The number of ether oxygens (including phenoxy) is 4. The van der Waals surface area contributed by atoms with E-state index in [2.05, 4.69) is 11.1 Å². The monoisotopic (exact) mass is 623 g/mol. The van der Waals surface area contributed by atoms with Gasteiger partial charge in [0.25, 0.3) is 5.56 Å². The van der Waals surface area contributed by atoms with Crippen molar-refractivity contribution in [2.45, 2.75) is 46.4 Å². The van der Waals surface area contributed by atoms with Gasteiger partial charge in [0.15, 0.2) is 16.3 Å². The Kier molecular flexibility index (Phi) is 9.50. The van der Waals surface area contributed by atoms with Gasteiger partial charge in [0, 0.05) is 5.56 Å². The summed E-state index contributed by atoms with van der Waals surface area (Å²) in [5.74, 6) is 1.14. The van der Waals surface area contributed by atoms with E-state index in [1.807, 2.05) is 62.4 Å². The van der Waals surface area contributed by atoms with Crippen molar-refractivity contribution in [2.75, 3.05) is 13.7 Å². The van der Waals surface area contributed by atoms with Crippen LogP contribution in [0.5, 0.6) is 17.2 Å². The fourth-order valence-corrected chi connectivity index (χ4v) is 6.09. The van der Waals surface area contributed by atoms with Crippen molar-refractivity contribution in [1.29, 1.82) is 5.26 Å². The van der Waals surface area contributed by atoms with Crippen LogP contribution in [0.15, 0.2) is 87.8 Å². The molecular formula is C35H33N3O6S. The molecule has 1 aliphatic rings. The summed E-state index contributed by atoms with van der Waals surface area (Å²) in [5, 5.41) is 9.32. The van der Waals surface area contributed by atoms with E-state index in [0.29, 0.717) is 43.4 Å². The van der Waals surface area contributed by atoms with Gasteiger partial charge in [-0.1, -0.05) is 47.7 Å². The first-order valence-electron chi connectivity index (χ1n) is 14.5. The zero-order valence-corrected chi connectivity index (χ0v) is 26.5. The number of hydrogen-bond donors (Lipinski definition) is 0. The highest BCUT2D eigenvalue weighted by molar-refractivity contribution is 7.07. The second-order valence-corrected chi connectivity index (χ2v) is 11.5. The van der Waals surface area contributed by atoms with Gasteiger partial charge >= 0.3 is 5.97 Å². The van der Waals surface area contributed by atoms with Crippen LogP contribution in [0.25, 0.3) is 6.08 Å². The van der Waals surface area contributed by atoms with Crippen LogP contribution in [-0.4, -0.2) is 30.4 Å². The van der Waals surface area contributed by atoms with Crippen LogP contribution in [0.3, 0.4) is 0 Å². The standard InChI is InChI=1S/C35H33N3O6S/c1-6-42-34(40)31-22(4)37-35-38(32(31)24-13-16-28(44-21(2)3)29(18-24)41-5)33(39)30(45-35)17-23-11-14-27(15-12-23)43-20-26-10-8-7-9-25(26)19-36/h7-18,21,32H,6,20H2,1-5H3/b30-17-/t32-/m1/s1. The smallest absolute Gasteiger partial charge is 0.338 e. The number of rotatable bonds is 10. The molecule has 3 aromatic carbocycles. The lowest BCUT2D eigenvalue weighted by molar-refractivity contribution is -0.139. The molecule has 0 unspecified atom stereocenters. The van der Waals surface area contributed by atoms with Crippen molar-refractivity contribution in [3.8, 4) is 23.3 Å². The van der Waals surface area contributed by atoms with Gasteiger partial charge in [-0.3, -0.25) is 9.36 Å². The minimum absolute atomic E-state index is 0.0689. The van der Waals surface area contributed by atoms with E-state index >= 15 is 0 Å². The van der Waals surface area contributed by atoms with E-state index in [-0.39, 0.29) is 30.5 Å². The average Bonchev–Trinajstić information content (AvgIpc) is 3.33. The summed E-state index contributed by atoms with van der Waals surface area (Å²) in [6.45, 7) is 7.78. The Balaban J connectivity index is 1.52. The molecule has 45 heavy (non-hydrogen) atoms. The summed E-state index contributed by atoms with van der Waals surface area (Å²) in [4.78, 5) is 32.4. The number of methoxy groups -OCH3 is 1. The van der Waals surface area contributed by atoms with Gasteiger partial charge in [0.2, 0.25) is 0 Å². The molecule has 0 amide bonds. The van der Waals surface area contributed by atoms with E-state index in [9.17, 15) is 14.9 Å². The molecule has 0 radical (unpaired) electrons. The maximum absolute atomic E-state index is 14.0. The number of benzene rings is 3. The molecule has 0 aliphatic carbocycles. The number of hydrogen-bond acceptors (Lipinski definition) is 9. The molecule has 0 bridgehead atoms. The van der Waals surface area contributed by atoms with Crippen LogP contribution >= 0.6 is 11.3 Å². The first-order chi connectivity index (χ1) is 21.7. The van der Waals surface area contributed by atoms with Crippen LogP contribution in [0.4, 0.5) is 0 Å². The molecule has 1 atom stereocenters. The second kappa shape index (κ2) is 13.7. The van der Waals surface area contributed by atoms with Gasteiger partial charge in [-0.2, -0.15) is 5.26 Å². The van der Waals surface area contributed by atoms with Gasteiger partial charge in [0.05, 0.1) is 53.3 Å². The maximum Gasteiger partial charge on any atom is 0.338 e. The molecule has 0 spiro atoms. The van der Waals surface area contributed by atoms with Gasteiger partial charge < -0.3 is 18.9 Å². The van der Waals surface area contributed by atoms with Crippen LogP contribution in [0, 0.1) is 11.3 Å². The third-order valence-electron chi connectivity index (χ3n) is 7.09. The Hall–Kier alpha value is -5.14. The van der Waals surface area contributed by atoms with E-state index in [1.54, 1.807) is 45.2 Å². The first kappa shape index (κ1) is 31.3. The van der Waals surface area contributed by atoms with Gasteiger partial charge in [-0.15, -0.1) is 0 Å². The number of aromatic nitrogens is 1.